The van der Waals surface area contributed by atoms with Crippen LogP contribution in [0.15, 0.2) is 45.7 Å². The van der Waals surface area contributed by atoms with Crippen molar-refractivity contribution >= 4 is 21.6 Å². The van der Waals surface area contributed by atoms with Crippen LogP contribution in [-0.4, -0.2) is 9.38 Å². The molecule has 0 saturated carbocycles. The number of imidazole rings is 1. The molecule has 0 aliphatic carbocycles. The third-order valence-corrected chi connectivity index (χ3v) is 3.01. The molecular formula is C12H10BrN3O. The van der Waals surface area contributed by atoms with Crippen LogP contribution in [0.3, 0.4) is 0 Å². The highest BCUT2D eigenvalue weighted by molar-refractivity contribution is 9.10. The van der Waals surface area contributed by atoms with E-state index >= 15 is 0 Å². The van der Waals surface area contributed by atoms with Crippen molar-refractivity contribution in [1.29, 1.82) is 0 Å². The number of rotatable bonds is 2. The van der Waals surface area contributed by atoms with E-state index in [1.54, 1.807) is 0 Å². The molecule has 0 saturated heterocycles. The predicted molar refractivity (Wildman–Crippen MR) is 68.5 cm³/mol. The molecule has 0 fully saturated rings. The van der Waals surface area contributed by atoms with Gasteiger partial charge in [-0.25, -0.2) is 4.98 Å². The zero-order valence-corrected chi connectivity index (χ0v) is 10.5. The molecule has 4 nitrogen and oxygen atoms in total. The van der Waals surface area contributed by atoms with E-state index < -0.39 is 0 Å². The van der Waals surface area contributed by atoms with Crippen molar-refractivity contribution in [2.24, 2.45) is 5.73 Å². The van der Waals surface area contributed by atoms with Crippen molar-refractivity contribution in [3.63, 3.8) is 0 Å². The minimum absolute atomic E-state index is 0.519. The lowest BCUT2D eigenvalue weighted by molar-refractivity contribution is 0.554. The molecule has 17 heavy (non-hydrogen) atoms. The lowest BCUT2D eigenvalue weighted by atomic mass is 10.3. The fourth-order valence-electron chi connectivity index (χ4n) is 1.72. The summed E-state index contributed by atoms with van der Waals surface area (Å²) >= 11 is 3.28. The van der Waals surface area contributed by atoms with Gasteiger partial charge in [-0.3, -0.25) is 0 Å². The van der Waals surface area contributed by atoms with E-state index in [4.69, 9.17) is 10.2 Å². The van der Waals surface area contributed by atoms with Crippen molar-refractivity contribution in [2.75, 3.05) is 0 Å². The summed E-state index contributed by atoms with van der Waals surface area (Å²) in [6.45, 7) is 0.519. The minimum atomic E-state index is 0.519. The molecular weight excluding hydrogens is 282 g/mol. The molecule has 2 N–H and O–H groups in total. The topological polar surface area (TPSA) is 56.5 Å². The van der Waals surface area contributed by atoms with Gasteiger partial charge < -0.3 is 14.6 Å². The number of hydrogen-bond acceptors (Lipinski definition) is 3. The Balaban J connectivity index is 2.13. The van der Waals surface area contributed by atoms with E-state index in [9.17, 15) is 0 Å². The fourth-order valence-corrected chi connectivity index (χ4v) is 2.03. The van der Waals surface area contributed by atoms with Gasteiger partial charge in [0, 0.05) is 18.9 Å². The van der Waals surface area contributed by atoms with Gasteiger partial charge in [0.25, 0.3) is 0 Å². The van der Waals surface area contributed by atoms with Gasteiger partial charge in [-0.2, -0.15) is 0 Å². The van der Waals surface area contributed by atoms with E-state index in [1.165, 1.54) is 0 Å². The number of nitrogens with zero attached hydrogens (tertiary/aromatic N) is 2. The Kier molecular flexibility index (Phi) is 2.49. The van der Waals surface area contributed by atoms with Crippen LogP contribution in [-0.2, 0) is 6.54 Å². The molecule has 0 aliphatic rings. The second-order valence-corrected chi connectivity index (χ2v) is 4.52. The number of halogens is 1. The fraction of sp³-hybridized carbons (Fsp3) is 0.0833. The van der Waals surface area contributed by atoms with Gasteiger partial charge in [0.2, 0.25) is 0 Å². The second kappa shape index (κ2) is 4.01. The first-order valence-electron chi connectivity index (χ1n) is 5.19. The van der Waals surface area contributed by atoms with E-state index in [1.807, 2.05) is 41.1 Å². The minimum Gasteiger partial charge on any atom is -0.448 e. The Morgan fingerprint density at radius 3 is 2.94 bits per heavy atom. The Hall–Kier alpha value is -1.59. The summed E-state index contributed by atoms with van der Waals surface area (Å²) < 4.78 is 8.12. The van der Waals surface area contributed by atoms with Gasteiger partial charge in [-0.15, -0.1) is 0 Å². The summed E-state index contributed by atoms with van der Waals surface area (Å²) in [4.78, 5) is 4.50. The highest BCUT2D eigenvalue weighted by Crippen LogP contribution is 2.24. The smallest absolute Gasteiger partial charge is 0.169 e. The van der Waals surface area contributed by atoms with Gasteiger partial charge in [0.15, 0.2) is 10.4 Å². The summed E-state index contributed by atoms with van der Waals surface area (Å²) in [7, 11) is 0. The van der Waals surface area contributed by atoms with E-state index in [0.717, 1.165) is 22.7 Å². The lowest BCUT2D eigenvalue weighted by Crippen LogP contribution is -1.96. The molecule has 0 atom stereocenters. The zero-order chi connectivity index (χ0) is 11.8. The van der Waals surface area contributed by atoms with Gasteiger partial charge in [0.05, 0.1) is 0 Å². The molecule has 3 rings (SSSR count). The molecule has 3 heterocycles. The molecule has 0 radical (unpaired) electrons. The first kappa shape index (κ1) is 10.6. The molecule has 0 aliphatic heterocycles. The summed E-state index contributed by atoms with van der Waals surface area (Å²) in [5.74, 6) is 0.745. The summed E-state index contributed by atoms with van der Waals surface area (Å²) in [5.41, 5.74) is 8.35. The average Bonchev–Trinajstić information content (AvgIpc) is 2.93. The number of aromatic nitrogens is 2. The zero-order valence-electron chi connectivity index (χ0n) is 8.93. The van der Waals surface area contributed by atoms with Crippen LogP contribution < -0.4 is 5.73 Å². The SMILES string of the molecule is NCc1ccn2cc(-c3ccc(Br)o3)nc2c1. The summed E-state index contributed by atoms with van der Waals surface area (Å²) in [6, 6.07) is 7.69. The summed E-state index contributed by atoms with van der Waals surface area (Å²) in [5, 5.41) is 0. The van der Waals surface area contributed by atoms with E-state index in [-0.39, 0.29) is 0 Å². The monoisotopic (exact) mass is 291 g/mol. The van der Waals surface area contributed by atoms with E-state index in [0.29, 0.717) is 11.2 Å². The molecule has 3 aromatic rings. The van der Waals surface area contributed by atoms with Crippen molar-refractivity contribution in [3.05, 3.63) is 46.9 Å². The van der Waals surface area contributed by atoms with Crippen LogP contribution in [0.25, 0.3) is 17.1 Å². The highest BCUT2D eigenvalue weighted by Gasteiger charge is 2.08. The van der Waals surface area contributed by atoms with Crippen molar-refractivity contribution < 1.29 is 4.42 Å². The largest absolute Gasteiger partial charge is 0.448 e. The van der Waals surface area contributed by atoms with Crippen molar-refractivity contribution in [2.45, 2.75) is 6.54 Å². The molecule has 0 bridgehead atoms. The second-order valence-electron chi connectivity index (χ2n) is 3.73. The number of furan rings is 1. The molecule has 0 spiro atoms. The van der Waals surface area contributed by atoms with Crippen LogP contribution >= 0.6 is 15.9 Å². The predicted octanol–water partition coefficient (Wildman–Crippen LogP) is 2.82. The maximum Gasteiger partial charge on any atom is 0.169 e. The molecule has 5 heteroatoms. The first-order valence-corrected chi connectivity index (χ1v) is 5.99. The van der Waals surface area contributed by atoms with Gasteiger partial charge in [-0.05, 0) is 45.8 Å². The van der Waals surface area contributed by atoms with Crippen molar-refractivity contribution in [1.82, 2.24) is 9.38 Å². The maximum absolute atomic E-state index is 5.60. The molecule has 3 aromatic heterocycles. The standard InChI is InChI=1S/C12H10BrN3O/c13-11-2-1-10(17-11)9-7-16-4-3-8(6-14)5-12(16)15-9/h1-5,7H,6,14H2. The molecule has 0 unspecified atom stereocenters. The Bertz CT molecular complexity index is 671. The Morgan fingerprint density at radius 2 is 2.24 bits per heavy atom. The lowest BCUT2D eigenvalue weighted by Gasteiger charge is -1.96. The Labute approximate surface area is 106 Å². The third-order valence-electron chi connectivity index (χ3n) is 2.59. The van der Waals surface area contributed by atoms with Crippen LogP contribution in [0.1, 0.15) is 5.56 Å². The molecule has 0 aromatic carbocycles. The van der Waals surface area contributed by atoms with Crippen LogP contribution in [0.4, 0.5) is 0 Å². The number of pyridine rings is 1. The number of fused-ring (bicyclic) bond motifs is 1. The Morgan fingerprint density at radius 1 is 1.35 bits per heavy atom. The van der Waals surface area contributed by atoms with E-state index in [2.05, 4.69) is 20.9 Å². The van der Waals surface area contributed by atoms with Crippen molar-refractivity contribution in [3.8, 4) is 11.5 Å². The van der Waals surface area contributed by atoms with Gasteiger partial charge in [0.1, 0.15) is 11.3 Å². The number of hydrogen-bond donors (Lipinski definition) is 1. The first-order chi connectivity index (χ1) is 8.26. The normalized spacial score (nSPS) is 11.2. The number of nitrogens with two attached hydrogens (primary N) is 1. The van der Waals surface area contributed by atoms with Crippen LogP contribution in [0, 0.1) is 0 Å². The quantitative estimate of drug-likeness (QED) is 0.790. The third kappa shape index (κ3) is 1.87. The maximum atomic E-state index is 5.60. The summed E-state index contributed by atoms with van der Waals surface area (Å²) in [6.07, 6.45) is 3.88. The van der Waals surface area contributed by atoms with Gasteiger partial charge >= 0.3 is 0 Å². The van der Waals surface area contributed by atoms with Crippen LogP contribution in [0.2, 0.25) is 0 Å². The van der Waals surface area contributed by atoms with Crippen LogP contribution in [0.5, 0.6) is 0 Å². The molecule has 86 valence electrons. The molecule has 0 amide bonds. The highest BCUT2D eigenvalue weighted by atomic mass is 79.9. The van der Waals surface area contributed by atoms with Gasteiger partial charge in [-0.1, -0.05) is 0 Å². The average molecular weight is 292 g/mol.